The van der Waals surface area contributed by atoms with E-state index in [1.165, 1.54) is 29.7 Å². The lowest BCUT2D eigenvalue weighted by molar-refractivity contribution is 0.307. The summed E-state index contributed by atoms with van der Waals surface area (Å²) < 4.78 is 0. The minimum absolute atomic E-state index is 0.307. The molecule has 1 fully saturated rings. The lowest BCUT2D eigenvalue weighted by atomic mass is 9.91. The quantitative estimate of drug-likeness (QED) is 0.579. The zero-order chi connectivity index (χ0) is 22.3. The number of nitrogens with one attached hydrogen (secondary N) is 1. The molecule has 168 valence electrons. The second kappa shape index (κ2) is 10.7. The van der Waals surface area contributed by atoms with Gasteiger partial charge in [0.15, 0.2) is 0 Å². The van der Waals surface area contributed by atoms with Gasteiger partial charge in [-0.3, -0.25) is 4.90 Å². The van der Waals surface area contributed by atoms with Crippen LogP contribution in [-0.2, 0) is 6.54 Å². The first kappa shape index (κ1) is 22.4. The fraction of sp³-hybridized carbons (Fsp3) is 0.407. The van der Waals surface area contributed by atoms with Gasteiger partial charge in [0, 0.05) is 45.1 Å². The lowest BCUT2D eigenvalue weighted by Crippen LogP contribution is -2.30. The molecular weight excluding hydrogens is 394 g/mol. The Bertz CT molecular complexity index is 928. The van der Waals surface area contributed by atoms with E-state index in [9.17, 15) is 0 Å². The van der Waals surface area contributed by atoms with Crippen molar-refractivity contribution in [1.29, 1.82) is 0 Å². The predicted molar refractivity (Wildman–Crippen MR) is 132 cm³/mol. The summed E-state index contributed by atoms with van der Waals surface area (Å²) in [6, 6.07) is 23.7. The van der Waals surface area contributed by atoms with Crippen LogP contribution in [-0.4, -0.2) is 55.6 Å². The van der Waals surface area contributed by atoms with Gasteiger partial charge >= 0.3 is 0 Å². The summed E-state index contributed by atoms with van der Waals surface area (Å²) in [4.78, 5) is 14.3. The Morgan fingerprint density at radius 3 is 2.16 bits per heavy atom. The molecule has 32 heavy (non-hydrogen) atoms. The standard InChI is InChI=1S/C27H35N5/c1-31(2)27-17-25(23-15-10-16-28-18-23)29-26(30-27)20-32(3)19-24(21-11-6-4-7-12-21)22-13-8-5-9-14-22/h4-9,11-14,17,23-24,28H,10,15-16,18-20H2,1-3H3/t23-/m0/s1. The average Bonchev–Trinajstić information content (AvgIpc) is 2.84. The topological polar surface area (TPSA) is 44.3 Å². The molecule has 4 rings (SSSR count). The van der Waals surface area contributed by atoms with E-state index in [0.29, 0.717) is 11.8 Å². The molecule has 3 aromatic rings. The normalized spacial score (nSPS) is 16.5. The molecule has 1 aromatic heterocycles. The first-order chi connectivity index (χ1) is 15.6. The molecule has 0 spiro atoms. The molecule has 0 saturated carbocycles. The summed E-state index contributed by atoms with van der Waals surface area (Å²) in [6.45, 7) is 3.75. The summed E-state index contributed by atoms with van der Waals surface area (Å²) in [6.07, 6.45) is 2.40. The molecule has 0 amide bonds. The smallest absolute Gasteiger partial charge is 0.144 e. The van der Waals surface area contributed by atoms with E-state index in [0.717, 1.165) is 37.8 Å². The maximum atomic E-state index is 5.01. The third-order valence-electron chi connectivity index (χ3n) is 6.26. The van der Waals surface area contributed by atoms with Crippen molar-refractivity contribution in [2.45, 2.75) is 31.2 Å². The minimum Gasteiger partial charge on any atom is -0.363 e. The second-order valence-corrected chi connectivity index (χ2v) is 9.08. The molecule has 1 atom stereocenters. The van der Waals surface area contributed by atoms with Gasteiger partial charge in [0.05, 0.1) is 12.2 Å². The highest BCUT2D eigenvalue weighted by Gasteiger charge is 2.21. The van der Waals surface area contributed by atoms with E-state index < -0.39 is 0 Å². The SMILES string of the molecule is CN(Cc1nc([C@H]2CCCNC2)cc(N(C)C)n1)CC(c1ccccc1)c1ccccc1. The molecule has 0 bridgehead atoms. The van der Waals surface area contributed by atoms with Crippen molar-refractivity contribution in [1.82, 2.24) is 20.2 Å². The van der Waals surface area contributed by atoms with Crippen LogP contribution in [0, 0.1) is 0 Å². The fourth-order valence-corrected chi connectivity index (χ4v) is 4.51. The number of piperidine rings is 1. The van der Waals surface area contributed by atoms with Gasteiger partial charge in [0.2, 0.25) is 0 Å². The number of nitrogens with zero attached hydrogens (tertiary/aromatic N) is 4. The summed E-state index contributed by atoms with van der Waals surface area (Å²) in [5, 5.41) is 3.52. The van der Waals surface area contributed by atoms with Crippen LogP contribution in [0.15, 0.2) is 66.7 Å². The Labute approximate surface area is 192 Å². The van der Waals surface area contributed by atoms with Crippen molar-refractivity contribution in [2.24, 2.45) is 0 Å². The average molecular weight is 430 g/mol. The van der Waals surface area contributed by atoms with Gasteiger partial charge < -0.3 is 10.2 Å². The van der Waals surface area contributed by atoms with Crippen LogP contribution in [0.2, 0.25) is 0 Å². The summed E-state index contributed by atoms with van der Waals surface area (Å²) in [5.41, 5.74) is 3.84. The van der Waals surface area contributed by atoms with Gasteiger partial charge in [0.1, 0.15) is 11.6 Å². The molecule has 1 aliphatic heterocycles. The van der Waals surface area contributed by atoms with Gasteiger partial charge in [-0.15, -0.1) is 0 Å². The highest BCUT2D eigenvalue weighted by atomic mass is 15.2. The molecule has 2 aromatic carbocycles. The molecule has 1 saturated heterocycles. The predicted octanol–water partition coefficient (Wildman–Crippen LogP) is 4.27. The number of benzene rings is 2. The molecule has 5 nitrogen and oxygen atoms in total. The van der Waals surface area contributed by atoms with Crippen LogP contribution in [0.4, 0.5) is 5.82 Å². The third kappa shape index (κ3) is 5.72. The Morgan fingerprint density at radius 2 is 1.59 bits per heavy atom. The highest BCUT2D eigenvalue weighted by molar-refractivity contribution is 5.39. The summed E-state index contributed by atoms with van der Waals surface area (Å²) in [7, 11) is 6.28. The molecule has 1 aliphatic rings. The fourth-order valence-electron chi connectivity index (χ4n) is 4.51. The Hall–Kier alpha value is -2.76. The Kier molecular flexibility index (Phi) is 7.51. The van der Waals surface area contributed by atoms with E-state index in [4.69, 9.17) is 9.97 Å². The Morgan fingerprint density at radius 1 is 0.938 bits per heavy atom. The van der Waals surface area contributed by atoms with Crippen molar-refractivity contribution in [3.05, 3.63) is 89.4 Å². The van der Waals surface area contributed by atoms with E-state index in [2.05, 4.69) is 103 Å². The number of anilines is 1. The first-order valence-corrected chi connectivity index (χ1v) is 11.6. The second-order valence-electron chi connectivity index (χ2n) is 9.08. The van der Waals surface area contributed by atoms with Gasteiger partial charge in [-0.1, -0.05) is 60.7 Å². The van der Waals surface area contributed by atoms with Crippen LogP contribution < -0.4 is 10.2 Å². The number of hydrogen-bond acceptors (Lipinski definition) is 5. The van der Waals surface area contributed by atoms with Gasteiger partial charge in [-0.2, -0.15) is 0 Å². The van der Waals surface area contributed by atoms with Crippen LogP contribution in [0.3, 0.4) is 0 Å². The van der Waals surface area contributed by atoms with E-state index >= 15 is 0 Å². The molecule has 0 aliphatic carbocycles. The molecule has 5 heteroatoms. The van der Waals surface area contributed by atoms with Crippen molar-refractivity contribution < 1.29 is 0 Å². The largest absolute Gasteiger partial charge is 0.363 e. The summed E-state index contributed by atoms with van der Waals surface area (Å²) >= 11 is 0. The minimum atomic E-state index is 0.307. The molecule has 0 radical (unpaired) electrons. The maximum absolute atomic E-state index is 5.01. The van der Waals surface area contributed by atoms with Crippen LogP contribution >= 0.6 is 0 Å². The molecular formula is C27H35N5. The van der Waals surface area contributed by atoms with Crippen molar-refractivity contribution in [3.63, 3.8) is 0 Å². The van der Waals surface area contributed by atoms with Gasteiger partial charge in [-0.05, 0) is 37.6 Å². The van der Waals surface area contributed by atoms with Crippen LogP contribution in [0.5, 0.6) is 0 Å². The van der Waals surface area contributed by atoms with Crippen molar-refractivity contribution in [3.8, 4) is 0 Å². The zero-order valence-electron chi connectivity index (χ0n) is 19.5. The van der Waals surface area contributed by atoms with Crippen LogP contribution in [0.25, 0.3) is 0 Å². The zero-order valence-corrected chi connectivity index (χ0v) is 19.5. The maximum Gasteiger partial charge on any atom is 0.144 e. The number of hydrogen-bond donors (Lipinski definition) is 1. The van der Waals surface area contributed by atoms with Crippen molar-refractivity contribution >= 4 is 5.82 Å². The third-order valence-corrected chi connectivity index (χ3v) is 6.26. The van der Waals surface area contributed by atoms with Crippen LogP contribution in [0.1, 0.15) is 47.3 Å². The lowest BCUT2D eigenvalue weighted by Gasteiger charge is -2.26. The monoisotopic (exact) mass is 429 g/mol. The van der Waals surface area contributed by atoms with Gasteiger partial charge in [-0.25, -0.2) is 9.97 Å². The number of rotatable bonds is 8. The van der Waals surface area contributed by atoms with E-state index in [1.54, 1.807) is 0 Å². The molecule has 1 N–H and O–H groups in total. The number of likely N-dealkylation sites (N-methyl/N-ethyl adjacent to an activating group) is 1. The van der Waals surface area contributed by atoms with Crippen molar-refractivity contribution in [2.75, 3.05) is 45.7 Å². The number of aromatic nitrogens is 2. The van der Waals surface area contributed by atoms with Gasteiger partial charge in [0.25, 0.3) is 0 Å². The van der Waals surface area contributed by atoms with E-state index in [-0.39, 0.29) is 0 Å². The molecule has 0 unspecified atom stereocenters. The summed E-state index contributed by atoms with van der Waals surface area (Å²) in [5.74, 6) is 2.67. The van der Waals surface area contributed by atoms with E-state index in [1.807, 2.05) is 0 Å². The molecule has 2 heterocycles. The Balaban J connectivity index is 1.55. The highest BCUT2D eigenvalue weighted by Crippen LogP contribution is 2.27. The first-order valence-electron chi connectivity index (χ1n) is 11.6.